The SMILES string of the molecule is O=[S@@](c1ccccc1)N1COCN([S@@](=O)c2ccccc2)COCN([S@@](=O)c2ccccc2)COCN([S@@](=O)c2ccccc2)COC1. The van der Waals surface area contributed by atoms with Gasteiger partial charge in [-0.1, -0.05) is 72.8 Å². The fourth-order valence-electron chi connectivity index (χ4n) is 4.25. The molecule has 48 heavy (non-hydrogen) atoms. The second kappa shape index (κ2) is 19.4. The van der Waals surface area contributed by atoms with Crippen molar-refractivity contribution in [2.45, 2.75) is 19.6 Å². The van der Waals surface area contributed by atoms with Crippen LogP contribution in [0.2, 0.25) is 0 Å². The highest BCUT2D eigenvalue weighted by molar-refractivity contribution is 7.83. The summed E-state index contributed by atoms with van der Waals surface area (Å²) in [7, 11) is -6.71. The Hall–Kier alpha value is -2.84. The summed E-state index contributed by atoms with van der Waals surface area (Å²) in [5.74, 6) is 0. The summed E-state index contributed by atoms with van der Waals surface area (Å²) in [6.45, 7) is -1.28. The zero-order chi connectivity index (χ0) is 33.6. The Morgan fingerprint density at radius 2 is 0.479 bits per heavy atom. The molecule has 0 N–H and O–H groups in total. The molecule has 12 nitrogen and oxygen atoms in total. The molecule has 1 saturated heterocycles. The van der Waals surface area contributed by atoms with Gasteiger partial charge in [0, 0.05) is 0 Å². The van der Waals surface area contributed by atoms with Gasteiger partial charge in [0.1, 0.15) is 97.8 Å². The van der Waals surface area contributed by atoms with Crippen LogP contribution in [0.5, 0.6) is 0 Å². The van der Waals surface area contributed by atoms with Crippen molar-refractivity contribution in [2.24, 2.45) is 0 Å². The van der Waals surface area contributed by atoms with E-state index in [1.807, 2.05) is 24.3 Å². The topological polar surface area (TPSA) is 118 Å². The minimum atomic E-state index is -1.68. The van der Waals surface area contributed by atoms with Crippen LogP contribution in [-0.4, -0.2) is 87.9 Å². The standard InChI is InChI=1S/C32H36N4O8S4/c37-45(29-13-5-1-6-14-29)33-21-41-23-34(46(38)30-15-7-2-8-16-30)25-43-27-36(48(40)32-19-11-4-12-20-32)28-44-26-35(24-42-22-33)47(39)31-17-9-3-10-18-31/h1-20H,21-28H2/t45-,46-,47-,48-/m0/s1. The van der Waals surface area contributed by atoms with Gasteiger partial charge in [0.15, 0.2) is 0 Å². The lowest BCUT2D eigenvalue weighted by molar-refractivity contribution is -0.0843. The zero-order valence-corrected chi connectivity index (χ0v) is 29.2. The van der Waals surface area contributed by atoms with Crippen molar-refractivity contribution in [3.05, 3.63) is 121 Å². The summed E-state index contributed by atoms with van der Waals surface area (Å²) < 4.78 is 84.0. The third kappa shape index (κ3) is 10.6. The molecule has 256 valence electrons. The highest BCUT2D eigenvalue weighted by Crippen LogP contribution is 2.17. The first-order chi connectivity index (χ1) is 23.5. The predicted octanol–water partition coefficient (Wildman–Crippen LogP) is 3.83. The molecule has 1 fully saturated rings. The number of hydrogen-bond acceptors (Lipinski definition) is 8. The van der Waals surface area contributed by atoms with Crippen LogP contribution >= 0.6 is 0 Å². The summed E-state index contributed by atoms with van der Waals surface area (Å²) in [6.07, 6.45) is 0. The first-order valence-electron chi connectivity index (χ1n) is 14.7. The predicted molar refractivity (Wildman–Crippen MR) is 182 cm³/mol. The smallest absolute Gasteiger partial charge is 0.131 e. The average Bonchev–Trinajstić information content (AvgIpc) is 3.15. The quantitative estimate of drug-likeness (QED) is 0.269. The fraction of sp³-hybridized carbons (Fsp3) is 0.250. The molecule has 0 saturated carbocycles. The van der Waals surface area contributed by atoms with Crippen LogP contribution in [0.25, 0.3) is 0 Å². The van der Waals surface area contributed by atoms with Crippen molar-refractivity contribution >= 4 is 43.9 Å². The molecule has 4 aromatic carbocycles. The molecule has 16 heteroatoms. The number of rotatable bonds is 8. The molecule has 0 bridgehead atoms. The molecule has 0 spiro atoms. The number of ether oxygens (including phenoxy) is 4. The second-order valence-corrected chi connectivity index (χ2v) is 16.0. The molecule has 0 unspecified atom stereocenters. The molecule has 0 aromatic heterocycles. The molecular weight excluding hydrogens is 697 g/mol. The normalized spacial score (nSPS) is 20.0. The van der Waals surface area contributed by atoms with Crippen molar-refractivity contribution in [2.75, 3.05) is 53.8 Å². The van der Waals surface area contributed by atoms with Crippen LogP contribution in [0.1, 0.15) is 0 Å². The van der Waals surface area contributed by atoms with E-state index in [-0.39, 0.29) is 53.8 Å². The van der Waals surface area contributed by atoms with Crippen molar-refractivity contribution in [3.63, 3.8) is 0 Å². The van der Waals surface area contributed by atoms with Crippen molar-refractivity contribution < 1.29 is 35.8 Å². The van der Waals surface area contributed by atoms with E-state index < -0.39 is 43.9 Å². The van der Waals surface area contributed by atoms with E-state index in [1.165, 1.54) is 17.2 Å². The Labute approximate surface area is 290 Å². The third-order valence-electron chi connectivity index (χ3n) is 6.60. The van der Waals surface area contributed by atoms with Crippen LogP contribution in [0, 0.1) is 0 Å². The van der Waals surface area contributed by atoms with Crippen LogP contribution in [0.15, 0.2) is 141 Å². The van der Waals surface area contributed by atoms with Crippen molar-refractivity contribution in [1.82, 2.24) is 17.2 Å². The number of hydrogen-bond donors (Lipinski definition) is 0. The minimum absolute atomic E-state index is 0.160. The Morgan fingerprint density at radius 1 is 0.312 bits per heavy atom. The average molecular weight is 733 g/mol. The van der Waals surface area contributed by atoms with E-state index >= 15 is 0 Å². The van der Waals surface area contributed by atoms with Gasteiger partial charge < -0.3 is 18.9 Å². The Balaban J connectivity index is 1.39. The lowest BCUT2D eigenvalue weighted by Gasteiger charge is -2.28. The van der Waals surface area contributed by atoms with E-state index in [0.717, 1.165) is 0 Å². The molecule has 0 amide bonds. The highest BCUT2D eigenvalue weighted by atomic mass is 32.2. The van der Waals surface area contributed by atoms with E-state index in [0.29, 0.717) is 19.6 Å². The van der Waals surface area contributed by atoms with Crippen LogP contribution in [0.3, 0.4) is 0 Å². The molecule has 0 aliphatic carbocycles. The van der Waals surface area contributed by atoms with Gasteiger partial charge in [-0.05, 0) is 48.5 Å². The molecule has 1 aliphatic rings. The van der Waals surface area contributed by atoms with Gasteiger partial charge in [-0.2, -0.15) is 17.2 Å². The van der Waals surface area contributed by atoms with E-state index in [4.69, 9.17) is 18.9 Å². The summed E-state index contributed by atoms with van der Waals surface area (Å²) in [6, 6.07) is 35.4. The van der Waals surface area contributed by atoms with Gasteiger partial charge >= 0.3 is 0 Å². The van der Waals surface area contributed by atoms with Gasteiger partial charge in [0.2, 0.25) is 0 Å². The van der Waals surface area contributed by atoms with Gasteiger partial charge in [-0.15, -0.1) is 0 Å². The van der Waals surface area contributed by atoms with Gasteiger partial charge in [-0.3, -0.25) is 0 Å². The van der Waals surface area contributed by atoms with E-state index in [1.54, 1.807) is 97.1 Å². The Bertz CT molecular complexity index is 1380. The van der Waals surface area contributed by atoms with Crippen LogP contribution in [-0.2, 0) is 62.9 Å². The lowest BCUT2D eigenvalue weighted by atomic mass is 10.4. The summed E-state index contributed by atoms with van der Waals surface area (Å²) >= 11 is 0. The monoisotopic (exact) mass is 732 g/mol. The Kier molecular flexibility index (Phi) is 14.7. The van der Waals surface area contributed by atoms with Crippen LogP contribution in [0.4, 0.5) is 0 Å². The molecule has 1 aliphatic heterocycles. The summed E-state index contributed by atoms with van der Waals surface area (Å²) in [5.41, 5.74) is 0. The van der Waals surface area contributed by atoms with Crippen LogP contribution < -0.4 is 0 Å². The van der Waals surface area contributed by atoms with E-state index in [2.05, 4.69) is 0 Å². The summed E-state index contributed by atoms with van der Waals surface area (Å²) in [5, 5.41) is 0. The molecule has 1 heterocycles. The first-order valence-corrected chi connectivity index (χ1v) is 19.1. The van der Waals surface area contributed by atoms with E-state index in [9.17, 15) is 16.8 Å². The van der Waals surface area contributed by atoms with Gasteiger partial charge in [-0.25, -0.2) is 16.8 Å². The molecule has 0 radical (unpaired) electrons. The van der Waals surface area contributed by atoms with Gasteiger partial charge in [0.05, 0.1) is 19.6 Å². The first kappa shape index (κ1) is 36.4. The van der Waals surface area contributed by atoms with Crippen molar-refractivity contribution in [1.29, 1.82) is 0 Å². The molecule has 4 aromatic rings. The number of nitrogens with zero attached hydrogens (tertiary/aromatic N) is 4. The maximum atomic E-state index is 13.6. The highest BCUT2D eigenvalue weighted by Gasteiger charge is 2.24. The van der Waals surface area contributed by atoms with Crippen molar-refractivity contribution in [3.8, 4) is 0 Å². The second-order valence-electron chi connectivity index (χ2n) is 10.0. The fourth-order valence-corrected chi connectivity index (χ4v) is 8.37. The zero-order valence-electron chi connectivity index (χ0n) is 25.9. The lowest BCUT2D eigenvalue weighted by Crippen LogP contribution is -2.40. The third-order valence-corrected chi connectivity index (χ3v) is 12.0. The molecule has 4 atom stereocenters. The minimum Gasteiger partial charge on any atom is -0.349 e. The molecule has 5 rings (SSSR count). The van der Waals surface area contributed by atoms with Gasteiger partial charge in [0.25, 0.3) is 0 Å². The largest absolute Gasteiger partial charge is 0.349 e. The number of benzene rings is 4. The maximum Gasteiger partial charge on any atom is 0.131 e. The Morgan fingerprint density at radius 3 is 0.646 bits per heavy atom. The maximum absolute atomic E-state index is 13.6. The molecular formula is C32H36N4O8S4. The summed E-state index contributed by atoms with van der Waals surface area (Å²) in [4.78, 5) is 2.14.